The maximum atomic E-state index is 12.5. The number of aromatic nitrogens is 2. The SMILES string of the molecule is CCOC(=O)c1ccc(NC(=O)c2cc(C)nc(NCCCOC)n2)cc1. The van der Waals surface area contributed by atoms with Crippen LogP contribution in [-0.4, -0.2) is 48.7 Å². The van der Waals surface area contributed by atoms with Gasteiger partial charge in [-0.2, -0.15) is 0 Å². The van der Waals surface area contributed by atoms with Crippen LogP contribution in [0, 0.1) is 6.92 Å². The number of methoxy groups -OCH3 is 1. The van der Waals surface area contributed by atoms with Crippen molar-refractivity contribution in [2.45, 2.75) is 20.3 Å². The number of aryl methyl sites for hydroxylation is 1. The molecule has 2 rings (SSSR count). The van der Waals surface area contributed by atoms with Crippen LogP contribution in [0.5, 0.6) is 0 Å². The van der Waals surface area contributed by atoms with Gasteiger partial charge in [0.25, 0.3) is 5.91 Å². The van der Waals surface area contributed by atoms with Crippen LogP contribution in [0.15, 0.2) is 30.3 Å². The quantitative estimate of drug-likeness (QED) is 0.515. The molecule has 0 saturated carbocycles. The van der Waals surface area contributed by atoms with E-state index in [-0.39, 0.29) is 11.6 Å². The number of anilines is 2. The Morgan fingerprint density at radius 2 is 1.89 bits per heavy atom. The van der Waals surface area contributed by atoms with Gasteiger partial charge in [-0.05, 0) is 50.6 Å². The van der Waals surface area contributed by atoms with E-state index in [4.69, 9.17) is 9.47 Å². The summed E-state index contributed by atoms with van der Waals surface area (Å²) < 4.78 is 9.93. The zero-order chi connectivity index (χ0) is 19.6. The zero-order valence-corrected chi connectivity index (χ0v) is 15.7. The Kier molecular flexibility index (Phi) is 7.69. The van der Waals surface area contributed by atoms with Gasteiger partial charge < -0.3 is 20.1 Å². The lowest BCUT2D eigenvalue weighted by Crippen LogP contribution is -2.17. The van der Waals surface area contributed by atoms with Crippen molar-refractivity contribution in [2.75, 3.05) is 37.5 Å². The molecule has 1 aromatic carbocycles. The molecule has 8 heteroatoms. The fraction of sp³-hybridized carbons (Fsp3) is 0.368. The van der Waals surface area contributed by atoms with Gasteiger partial charge >= 0.3 is 5.97 Å². The van der Waals surface area contributed by atoms with Crippen molar-refractivity contribution in [2.24, 2.45) is 0 Å². The lowest BCUT2D eigenvalue weighted by molar-refractivity contribution is 0.0526. The smallest absolute Gasteiger partial charge is 0.338 e. The van der Waals surface area contributed by atoms with Gasteiger partial charge in [-0.15, -0.1) is 0 Å². The topological polar surface area (TPSA) is 102 Å². The van der Waals surface area contributed by atoms with Crippen molar-refractivity contribution in [1.82, 2.24) is 9.97 Å². The molecule has 27 heavy (non-hydrogen) atoms. The molecule has 8 nitrogen and oxygen atoms in total. The highest BCUT2D eigenvalue weighted by molar-refractivity contribution is 6.03. The lowest BCUT2D eigenvalue weighted by atomic mass is 10.2. The van der Waals surface area contributed by atoms with Crippen molar-refractivity contribution in [3.63, 3.8) is 0 Å². The molecule has 1 amide bonds. The third-order valence-electron chi connectivity index (χ3n) is 3.55. The molecule has 0 aliphatic heterocycles. The number of amides is 1. The second kappa shape index (κ2) is 10.2. The first-order valence-electron chi connectivity index (χ1n) is 8.70. The summed E-state index contributed by atoms with van der Waals surface area (Å²) in [5.74, 6) is -0.357. The van der Waals surface area contributed by atoms with Gasteiger partial charge in [-0.3, -0.25) is 4.79 Å². The molecule has 1 aromatic heterocycles. The molecule has 0 bridgehead atoms. The van der Waals surface area contributed by atoms with E-state index in [1.807, 2.05) is 0 Å². The summed E-state index contributed by atoms with van der Waals surface area (Å²) in [4.78, 5) is 32.7. The monoisotopic (exact) mass is 372 g/mol. The first-order valence-corrected chi connectivity index (χ1v) is 8.70. The zero-order valence-electron chi connectivity index (χ0n) is 15.7. The van der Waals surface area contributed by atoms with Gasteiger partial charge in [0.05, 0.1) is 12.2 Å². The van der Waals surface area contributed by atoms with Crippen molar-refractivity contribution < 1.29 is 19.1 Å². The molecule has 0 atom stereocenters. The average Bonchev–Trinajstić information content (AvgIpc) is 2.65. The normalized spacial score (nSPS) is 10.3. The molecular formula is C19H24N4O4. The Morgan fingerprint density at radius 1 is 1.15 bits per heavy atom. The van der Waals surface area contributed by atoms with E-state index in [2.05, 4.69) is 20.6 Å². The molecule has 0 aliphatic carbocycles. The average molecular weight is 372 g/mol. The van der Waals surface area contributed by atoms with Crippen LogP contribution < -0.4 is 10.6 Å². The van der Waals surface area contributed by atoms with Crippen molar-refractivity contribution in [3.8, 4) is 0 Å². The maximum absolute atomic E-state index is 12.5. The second-order valence-electron chi connectivity index (χ2n) is 5.74. The van der Waals surface area contributed by atoms with E-state index in [9.17, 15) is 9.59 Å². The van der Waals surface area contributed by atoms with E-state index in [0.29, 0.717) is 42.7 Å². The third kappa shape index (κ3) is 6.34. The minimum absolute atomic E-state index is 0.256. The number of esters is 1. The van der Waals surface area contributed by atoms with E-state index >= 15 is 0 Å². The van der Waals surface area contributed by atoms with Gasteiger partial charge in [-0.1, -0.05) is 0 Å². The van der Waals surface area contributed by atoms with Crippen LogP contribution in [0.1, 0.15) is 39.9 Å². The maximum Gasteiger partial charge on any atom is 0.338 e. The summed E-state index contributed by atoms with van der Waals surface area (Å²) in [5, 5.41) is 5.84. The Balaban J connectivity index is 2.02. The van der Waals surface area contributed by atoms with E-state index < -0.39 is 5.97 Å². The predicted octanol–water partition coefficient (Wildman–Crippen LogP) is 2.66. The summed E-state index contributed by atoms with van der Waals surface area (Å²) in [6, 6.07) is 8.09. The number of nitrogens with zero attached hydrogens (tertiary/aromatic N) is 2. The third-order valence-corrected chi connectivity index (χ3v) is 3.55. The number of hydrogen-bond acceptors (Lipinski definition) is 7. The molecule has 0 fully saturated rings. The van der Waals surface area contributed by atoms with Crippen molar-refractivity contribution in [1.29, 1.82) is 0 Å². The minimum atomic E-state index is -0.397. The van der Waals surface area contributed by atoms with Crippen LogP contribution in [0.3, 0.4) is 0 Å². The van der Waals surface area contributed by atoms with Crippen molar-refractivity contribution in [3.05, 3.63) is 47.3 Å². The highest BCUT2D eigenvalue weighted by Gasteiger charge is 2.12. The first kappa shape index (κ1) is 20.3. The van der Waals surface area contributed by atoms with Gasteiger partial charge in [0.15, 0.2) is 0 Å². The number of benzene rings is 1. The molecule has 0 radical (unpaired) electrons. The molecule has 2 aromatic rings. The van der Waals surface area contributed by atoms with Gasteiger partial charge in [0, 0.05) is 31.6 Å². The van der Waals surface area contributed by atoms with Gasteiger partial charge in [0.2, 0.25) is 5.95 Å². The summed E-state index contributed by atoms with van der Waals surface area (Å²) in [7, 11) is 1.64. The summed E-state index contributed by atoms with van der Waals surface area (Å²) in [5.41, 5.74) is 1.92. The Labute approximate surface area is 158 Å². The highest BCUT2D eigenvalue weighted by Crippen LogP contribution is 2.13. The number of hydrogen-bond donors (Lipinski definition) is 2. The standard InChI is InChI=1S/C19H24N4O4/c1-4-27-18(25)14-6-8-15(9-7-14)22-17(24)16-12-13(2)21-19(23-16)20-10-5-11-26-3/h6-9,12H,4-5,10-11H2,1-3H3,(H,22,24)(H,20,21,23). The van der Waals surface area contributed by atoms with Crippen LogP contribution >= 0.6 is 0 Å². The number of nitrogens with one attached hydrogen (secondary N) is 2. The van der Waals surface area contributed by atoms with Crippen LogP contribution in [-0.2, 0) is 9.47 Å². The Morgan fingerprint density at radius 3 is 2.56 bits per heavy atom. The molecule has 0 aliphatic rings. The number of ether oxygens (including phenoxy) is 2. The minimum Gasteiger partial charge on any atom is -0.462 e. The molecule has 2 N–H and O–H groups in total. The molecule has 144 valence electrons. The Hall–Kier alpha value is -3.00. The highest BCUT2D eigenvalue weighted by atomic mass is 16.5. The first-order chi connectivity index (χ1) is 13.0. The second-order valence-corrected chi connectivity index (χ2v) is 5.74. The molecule has 0 spiro atoms. The van der Waals surface area contributed by atoms with Gasteiger partial charge in [-0.25, -0.2) is 14.8 Å². The largest absolute Gasteiger partial charge is 0.462 e. The van der Waals surface area contributed by atoms with Crippen LogP contribution in [0.4, 0.5) is 11.6 Å². The number of carbonyl (C=O) groups excluding carboxylic acids is 2. The molecule has 0 unspecified atom stereocenters. The summed E-state index contributed by atoms with van der Waals surface area (Å²) >= 11 is 0. The van der Waals surface area contributed by atoms with Crippen LogP contribution in [0.2, 0.25) is 0 Å². The molecule has 0 saturated heterocycles. The number of carbonyl (C=O) groups is 2. The fourth-order valence-corrected chi connectivity index (χ4v) is 2.28. The van der Waals surface area contributed by atoms with E-state index in [0.717, 1.165) is 6.42 Å². The van der Waals surface area contributed by atoms with E-state index in [1.165, 1.54) is 0 Å². The number of rotatable bonds is 9. The van der Waals surface area contributed by atoms with Crippen LogP contribution in [0.25, 0.3) is 0 Å². The van der Waals surface area contributed by atoms with E-state index in [1.54, 1.807) is 51.3 Å². The lowest BCUT2D eigenvalue weighted by Gasteiger charge is -2.09. The summed E-state index contributed by atoms with van der Waals surface area (Å²) in [6.45, 7) is 5.14. The Bertz CT molecular complexity index is 778. The summed E-state index contributed by atoms with van der Waals surface area (Å²) in [6.07, 6.45) is 0.808. The van der Waals surface area contributed by atoms with Gasteiger partial charge in [0.1, 0.15) is 5.69 Å². The molecule has 1 heterocycles. The molecular weight excluding hydrogens is 348 g/mol. The fourth-order valence-electron chi connectivity index (χ4n) is 2.28. The van der Waals surface area contributed by atoms with Crippen molar-refractivity contribution >= 4 is 23.5 Å². The predicted molar refractivity (Wildman–Crippen MR) is 102 cm³/mol.